The van der Waals surface area contributed by atoms with Gasteiger partial charge >= 0.3 is 5.97 Å². The van der Waals surface area contributed by atoms with E-state index in [1.54, 1.807) is 18.2 Å². The number of halogens is 1. The number of hydrogen-bond donors (Lipinski definition) is 1. The molecule has 1 amide bonds. The summed E-state index contributed by atoms with van der Waals surface area (Å²) in [7, 11) is 0. The second kappa shape index (κ2) is 10.3. The molecule has 5 nitrogen and oxygen atoms in total. The Bertz CT molecular complexity index is 981. The van der Waals surface area contributed by atoms with Crippen LogP contribution in [-0.4, -0.2) is 25.1 Å². The van der Waals surface area contributed by atoms with Gasteiger partial charge in [0.25, 0.3) is 5.91 Å². The third-order valence-electron chi connectivity index (χ3n) is 3.68. The third-order valence-corrected chi connectivity index (χ3v) is 4.76. The Balaban J connectivity index is 1.49. The summed E-state index contributed by atoms with van der Waals surface area (Å²) in [4.78, 5) is 25.8. The van der Waals surface area contributed by atoms with Crippen LogP contribution >= 0.6 is 11.8 Å². The lowest BCUT2D eigenvalue weighted by Gasteiger charge is -2.11. The maximum Gasteiger partial charge on any atom is 0.344 e. The van der Waals surface area contributed by atoms with Gasteiger partial charge in [-0.05, 0) is 36.4 Å². The van der Waals surface area contributed by atoms with E-state index in [1.165, 1.54) is 30.0 Å². The predicted molar refractivity (Wildman–Crippen MR) is 108 cm³/mol. The zero-order valence-electron chi connectivity index (χ0n) is 15.3. The van der Waals surface area contributed by atoms with E-state index in [0.29, 0.717) is 5.69 Å². The first-order valence-electron chi connectivity index (χ1n) is 8.76. The fourth-order valence-electron chi connectivity index (χ4n) is 2.35. The van der Waals surface area contributed by atoms with Crippen LogP contribution in [0.15, 0.2) is 88.7 Å². The maximum absolute atomic E-state index is 13.4. The summed E-state index contributed by atoms with van der Waals surface area (Å²) >= 11 is 1.51. The standard InChI is InChI=1S/C22H18FNO4S/c23-17-10-4-6-12-19(17)27-15-22(26)28-14-21(25)24-18-11-5-7-13-20(18)29-16-8-2-1-3-9-16/h1-13H,14-15H2,(H,24,25). The van der Waals surface area contributed by atoms with Gasteiger partial charge in [0.15, 0.2) is 24.8 Å². The highest BCUT2D eigenvalue weighted by Gasteiger charge is 2.12. The van der Waals surface area contributed by atoms with Crippen molar-refractivity contribution < 1.29 is 23.5 Å². The van der Waals surface area contributed by atoms with Crippen molar-refractivity contribution >= 4 is 29.3 Å². The SMILES string of the molecule is O=C(COC(=O)COc1ccccc1F)Nc1ccccc1Sc1ccccc1. The number of ether oxygens (including phenoxy) is 2. The predicted octanol–water partition coefficient (Wildman–Crippen LogP) is 4.54. The van der Waals surface area contributed by atoms with Crippen LogP contribution in [0, 0.1) is 5.82 Å². The maximum atomic E-state index is 13.4. The molecule has 0 aliphatic carbocycles. The average Bonchev–Trinajstić information content (AvgIpc) is 2.74. The van der Waals surface area contributed by atoms with E-state index in [0.717, 1.165) is 9.79 Å². The van der Waals surface area contributed by atoms with E-state index in [1.807, 2.05) is 42.5 Å². The molecule has 0 aliphatic rings. The molecule has 29 heavy (non-hydrogen) atoms. The van der Waals surface area contributed by atoms with E-state index < -0.39 is 30.9 Å². The van der Waals surface area contributed by atoms with Crippen LogP contribution in [0.3, 0.4) is 0 Å². The molecule has 148 valence electrons. The van der Waals surface area contributed by atoms with Crippen molar-refractivity contribution in [3.63, 3.8) is 0 Å². The van der Waals surface area contributed by atoms with Gasteiger partial charge in [-0.3, -0.25) is 4.79 Å². The van der Waals surface area contributed by atoms with Crippen molar-refractivity contribution in [3.05, 3.63) is 84.7 Å². The van der Waals surface area contributed by atoms with Crippen LogP contribution in [0.2, 0.25) is 0 Å². The highest BCUT2D eigenvalue weighted by atomic mass is 32.2. The monoisotopic (exact) mass is 411 g/mol. The highest BCUT2D eigenvalue weighted by molar-refractivity contribution is 7.99. The second-order valence-electron chi connectivity index (χ2n) is 5.84. The summed E-state index contributed by atoms with van der Waals surface area (Å²) in [5.41, 5.74) is 0.616. The minimum atomic E-state index is -0.768. The van der Waals surface area contributed by atoms with E-state index >= 15 is 0 Å². The number of carbonyl (C=O) groups is 2. The van der Waals surface area contributed by atoms with Gasteiger partial charge in [-0.1, -0.05) is 54.2 Å². The molecule has 0 saturated carbocycles. The van der Waals surface area contributed by atoms with Gasteiger partial charge in [0, 0.05) is 9.79 Å². The lowest BCUT2D eigenvalue weighted by molar-refractivity contribution is -0.149. The van der Waals surface area contributed by atoms with Crippen LogP contribution < -0.4 is 10.1 Å². The van der Waals surface area contributed by atoms with Gasteiger partial charge in [-0.15, -0.1) is 0 Å². The minimum Gasteiger partial charge on any atom is -0.479 e. The van der Waals surface area contributed by atoms with Gasteiger partial charge in [-0.2, -0.15) is 0 Å². The Hall–Kier alpha value is -3.32. The van der Waals surface area contributed by atoms with Crippen LogP contribution in [-0.2, 0) is 14.3 Å². The van der Waals surface area contributed by atoms with Gasteiger partial charge < -0.3 is 14.8 Å². The molecule has 3 aromatic rings. The zero-order valence-corrected chi connectivity index (χ0v) is 16.2. The quantitative estimate of drug-likeness (QED) is 0.552. The molecule has 0 spiro atoms. The van der Waals surface area contributed by atoms with Gasteiger partial charge in [0.2, 0.25) is 0 Å². The number of nitrogens with one attached hydrogen (secondary N) is 1. The number of amides is 1. The molecule has 0 unspecified atom stereocenters. The van der Waals surface area contributed by atoms with Gasteiger partial charge in [-0.25, -0.2) is 9.18 Å². The molecule has 0 heterocycles. The van der Waals surface area contributed by atoms with Crippen molar-refractivity contribution in [1.82, 2.24) is 0 Å². The molecule has 0 aromatic heterocycles. The van der Waals surface area contributed by atoms with Crippen molar-refractivity contribution in [3.8, 4) is 5.75 Å². The molecule has 7 heteroatoms. The number of carbonyl (C=O) groups excluding carboxylic acids is 2. The van der Waals surface area contributed by atoms with E-state index in [9.17, 15) is 14.0 Å². The summed E-state index contributed by atoms with van der Waals surface area (Å²) in [6.45, 7) is -0.960. The number of rotatable bonds is 8. The number of esters is 1. The fourth-order valence-corrected chi connectivity index (χ4v) is 3.27. The number of benzene rings is 3. The van der Waals surface area contributed by atoms with Crippen LogP contribution in [0.25, 0.3) is 0 Å². The Labute approximate surface area is 171 Å². The van der Waals surface area contributed by atoms with Crippen LogP contribution in [0.5, 0.6) is 5.75 Å². The van der Waals surface area contributed by atoms with E-state index in [-0.39, 0.29) is 5.75 Å². The Kier molecular flexibility index (Phi) is 7.24. The zero-order chi connectivity index (χ0) is 20.5. The molecule has 3 rings (SSSR count). The van der Waals surface area contributed by atoms with Gasteiger partial charge in [0.1, 0.15) is 0 Å². The van der Waals surface area contributed by atoms with Crippen molar-refractivity contribution in [2.75, 3.05) is 18.5 Å². The van der Waals surface area contributed by atoms with E-state index in [4.69, 9.17) is 9.47 Å². The Morgan fingerprint density at radius 2 is 1.55 bits per heavy atom. The Morgan fingerprint density at radius 1 is 0.862 bits per heavy atom. The minimum absolute atomic E-state index is 0.0548. The molecule has 0 fully saturated rings. The topological polar surface area (TPSA) is 64.6 Å². The van der Waals surface area contributed by atoms with Gasteiger partial charge in [0.05, 0.1) is 5.69 Å². The first kappa shape index (κ1) is 20.4. The number of anilines is 1. The lowest BCUT2D eigenvalue weighted by Crippen LogP contribution is -2.24. The lowest BCUT2D eigenvalue weighted by atomic mass is 10.3. The fraction of sp³-hybridized carbons (Fsp3) is 0.0909. The van der Waals surface area contributed by atoms with Crippen molar-refractivity contribution in [2.24, 2.45) is 0 Å². The molecule has 0 radical (unpaired) electrons. The van der Waals surface area contributed by atoms with Crippen molar-refractivity contribution in [2.45, 2.75) is 9.79 Å². The molecule has 0 aliphatic heterocycles. The first-order valence-corrected chi connectivity index (χ1v) is 9.58. The van der Waals surface area contributed by atoms with Crippen LogP contribution in [0.4, 0.5) is 10.1 Å². The highest BCUT2D eigenvalue weighted by Crippen LogP contribution is 2.33. The second-order valence-corrected chi connectivity index (χ2v) is 6.95. The number of hydrogen-bond acceptors (Lipinski definition) is 5. The summed E-state index contributed by atoms with van der Waals surface area (Å²) in [5.74, 6) is -1.88. The van der Waals surface area contributed by atoms with Crippen molar-refractivity contribution in [1.29, 1.82) is 0 Å². The largest absolute Gasteiger partial charge is 0.479 e. The number of para-hydroxylation sites is 2. The smallest absolute Gasteiger partial charge is 0.344 e. The summed E-state index contributed by atoms with van der Waals surface area (Å²) < 4.78 is 23.4. The molecule has 0 atom stereocenters. The molecular formula is C22H18FNO4S. The molecule has 3 aromatic carbocycles. The summed E-state index contributed by atoms with van der Waals surface area (Å²) in [6.07, 6.45) is 0. The summed E-state index contributed by atoms with van der Waals surface area (Å²) in [5, 5.41) is 2.73. The molecular weight excluding hydrogens is 393 g/mol. The molecule has 0 bridgehead atoms. The van der Waals surface area contributed by atoms with Crippen LogP contribution in [0.1, 0.15) is 0 Å². The Morgan fingerprint density at radius 3 is 2.34 bits per heavy atom. The first-order chi connectivity index (χ1) is 14.1. The molecule has 0 saturated heterocycles. The normalized spacial score (nSPS) is 10.2. The van der Waals surface area contributed by atoms with E-state index in [2.05, 4.69) is 5.32 Å². The summed E-state index contributed by atoms with van der Waals surface area (Å²) in [6, 6.07) is 22.8. The molecule has 1 N–H and O–H groups in total. The average molecular weight is 411 g/mol. The third kappa shape index (κ3) is 6.36.